The number of hydrogen-bond donors (Lipinski definition) is 2. The summed E-state index contributed by atoms with van der Waals surface area (Å²) in [6.45, 7) is -0.0429. The normalized spacial score (nSPS) is 10.2. The number of carbonyl (C=O) groups is 1. The molecule has 0 aliphatic carbocycles. The SMILES string of the molecule is NNC(=O)c1ccc(COc2cc([N+](=O)[O-])ccc2Cl)o1. The number of benzene rings is 1. The molecule has 0 saturated heterocycles. The monoisotopic (exact) mass is 311 g/mol. The Balaban J connectivity index is 2.09. The molecule has 2 rings (SSSR count). The lowest BCUT2D eigenvalue weighted by molar-refractivity contribution is -0.384. The predicted molar refractivity (Wildman–Crippen MR) is 72.8 cm³/mol. The maximum atomic E-state index is 11.2. The van der Waals surface area contributed by atoms with Crippen molar-refractivity contribution in [1.82, 2.24) is 5.43 Å². The first-order valence-electron chi connectivity index (χ1n) is 5.67. The van der Waals surface area contributed by atoms with E-state index in [9.17, 15) is 14.9 Å². The number of amides is 1. The molecular weight excluding hydrogens is 302 g/mol. The van der Waals surface area contributed by atoms with E-state index in [0.29, 0.717) is 5.76 Å². The van der Waals surface area contributed by atoms with Crippen LogP contribution in [-0.2, 0) is 6.61 Å². The fourth-order valence-electron chi connectivity index (χ4n) is 1.51. The third kappa shape index (κ3) is 3.50. The molecule has 1 amide bonds. The van der Waals surface area contributed by atoms with Crippen LogP contribution in [-0.4, -0.2) is 10.8 Å². The molecule has 8 nitrogen and oxygen atoms in total. The molecule has 0 spiro atoms. The molecule has 0 unspecified atom stereocenters. The Morgan fingerprint density at radius 1 is 1.43 bits per heavy atom. The van der Waals surface area contributed by atoms with Crippen LogP contribution in [0.3, 0.4) is 0 Å². The van der Waals surface area contributed by atoms with Crippen molar-refractivity contribution in [3.05, 3.63) is 57.0 Å². The maximum absolute atomic E-state index is 11.2. The van der Waals surface area contributed by atoms with Gasteiger partial charge < -0.3 is 9.15 Å². The van der Waals surface area contributed by atoms with Crippen LogP contribution in [0.15, 0.2) is 34.7 Å². The van der Waals surface area contributed by atoms with Crippen LogP contribution >= 0.6 is 11.6 Å². The van der Waals surface area contributed by atoms with E-state index in [0.717, 1.165) is 0 Å². The van der Waals surface area contributed by atoms with E-state index in [1.807, 2.05) is 5.43 Å². The molecule has 1 heterocycles. The van der Waals surface area contributed by atoms with Crippen molar-refractivity contribution in [2.24, 2.45) is 5.84 Å². The summed E-state index contributed by atoms with van der Waals surface area (Å²) in [5.41, 5.74) is 1.79. The lowest BCUT2D eigenvalue weighted by atomic mass is 10.3. The van der Waals surface area contributed by atoms with Gasteiger partial charge in [0.15, 0.2) is 5.76 Å². The zero-order valence-corrected chi connectivity index (χ0v) is 11.3. The molecular formula is C12H10ClN3O5. The highest BCUT2D eigenvalue weighted by Crippen LogP contribution is 2.29. The zero-order valence-electron chi connectivity index (χ0n) is 10.5. The van der Waals surface area contributed by atoms with Crippen molar-refractivity contribution in [2.75, 3.05) is 0 Å². The van der Waals surface area contributed by atoms with Crippen LogP contribution < -0.4 is 16.0 Å². The van der Waals surface area contributed by atoms with E-state index < -0.39 is 10.8 Å². The van der Waals surface area contributed by atoms with Gasteiger partial charge >= 0.3 is 5.91 Å². The number of non-ortho nitro benzene ring substituents is 1. The van der Waals surface area contributed by atoms with Crippen LogP contribution in [0.5, 0.6) is 5.75 Å². The molecule has 0 atom stereocenters. The number of nitrogen functional groups attached to an aromatic ring is 1. The number of furan rings is 1. The van der Waals surface area contributed by atoms with Gasteiger partial charge in [0.1, 0.15) is 18.1 Å². The molecule has 2 aromatic rings. The molecule has 3 N–H and O–H groups in total. The number of nitro groups is 1. The van der Waals surface area contributed by atoms with Crippen LogP contribution in [0.1, 0.15) is 16.3 Å². The Labute approximate surface area is 123 Å². The minimum absolute atomic E-state index is 0.0289. The third-order valence-electron chi connectivity index (χ3n) is 2.51. The second-order valence-electron chi connectivity index (χ2n) is 3.90. The molecule has 0 fully saturated rings. The highest BCUT2D eigenvalue weighted by Gasteiger charge is 2.13. The zero-order chi connectivity index (χ0) is 15.4. The summed E-state index contributed by atoms with van der Waals surface area (Å²) >= 11 is 5.89. The summed E-state index contributed by atoms with van der Waals surface area (Å²) in [6.07, 6.45) is 0. The van der Waals surface area contributed by atoms with Gasteiger partial charge in [0.2, 0.25) is 0 Å². The Kier molecular flexibility index (Phi) is 4.41. The van der Waals surface area contributed by atoms with Gasteiger partial charge in [-0.1, -0.05) is 11.6 Å². The van der Waals surface area contributed by atoms with E-state index in [1.165, 1.54) is 30.3 Å². The Morgan fingerprint density at radius 2 is 2.19 bits per heavy atom. The van der Waals surface area contributed by atoms with Gasteiger partial charge in [0, 0.05) is 6.07 Å². The van der Waals surface area contributed by atoms with Gasteiger partial charge in [-0.05, 0) is 18.2 Å². The predicted octanol–water partition coefficient (Wildman–Crippen LogP) is 2.02. The molecule has 0 aliphatic rings. The summed E-state index contributed by atoms with van der Waals surface area (Å²) in [5, 5.41) is 10.9. The van der Waals surface area contributed by atoms with Gasteiger partial charge in [-0.3, -0.25) is 20.3 Å². The smallest absolute Gasteiger partial charge is 0.300 e. The fourth-order valence-corrected chi connectivity index (χ4v) is 1.69. The summed E-state index contributed by atoms with van der Waals surface area (Å²) in [4.78, 5) is 21.3. The topological polar surface area (TPSA) is 121 Å². The van der Waals surface area contributed by atoms with Crippen molar-refractivity contribution in [2.45, 2.75) is 6.61 Å². The Bertz CT molecular complexity index is 685. The second kappa shape index (κ2) is 6.25. The summed E-state index contributed by atoms with van der Waals surface area (Å²) < 4.78 is 10.5. The van der Waals surface area contributed by atoms with Gasteiger partial charge in [-0.2, -0.15) is 0 Å². The van der Waals surface area contributed by atoms with E-state index in [1.54, 1.807) is 0 Å². The molecule has 110 valence electrons. The molecule has 0 radical (unpaired) electrons. The molecule has 1 aromatic carbocycles. The molecule has 0 aliphatic heterocycles. The third-order valence-corrected chi connectivity index (χ3v) is 2.82. The highest BCUT2D eigenvalue weighted by atomic mass is 35.5. The molecule has 0 saturated carbocycles. The van der Waals surface area contributed by atoms with E-state index >= 15 is 0 Å². The van der Waals surface area contributed by atoms with E-state index in [-0.39, 0.29) is 28.8 Å². The fraction of sp³-hybridized carbons (Fsp3) is 0.0833. The summed E-state index contributed by atoms with van der Waals surface area (Å²) in [5.74, 6) is 4.91. The number of ether oxygens (including phenoxy) is 1. The number of hydrazine groups is 1. The summed E-state index contributed by atoms with van der Waals surface area (Å²) in [6, 6.07) is 6.79. The van der Waals surface area contributed by atoms with Gasteiger partial charge in [0.05, 0.1) is 16.0 Å². The van der Waals surface area contributed by atoms with E-state index in [2.05, 4.69) is 0 Å². The minimum atomic E-state index is -0.574. The number of hydrogen-bond acceptors (Lipinski definition) is 6. The van der Waals surface area contributed by atoms with Crippen LogP contribution in [0.4, 0.5) is 5.69 Å². The van der Waals surface area contributed by atoms with Gasteiger partial charge in [-0.15, -0.1) is 0 Å². The van der Waals surface area contributed by atoms with Crippen LogP contribution in [0.2, 0.25) is 5.02 Å². The number of halogens is 1. The lowest BCUT2D eigenvalue weighted by Crippen LogP contribution is -2.29. The van der Waals surface area contributed by atoms with Gasteiger partial charge in [-0.25, -0.2) is 5.84 Å². The number of rotatable bonds is 5. The summed E-state index contributed by atoms with van der Waals surface area (Å²) in [7, 11) is 0. The second-order valence-corrected chi connectivity index (χ2v) is 4.31. The number of nitrogens with one attached hydrogen (secondary N) is 1. The molecule has 1 aromatic heterocycles. The first kappa shape index (κ1) is 14.8. The van der Waals surface area contributed by atoms with Crippen LogP contribution in [0, 0.1) is 10.1 Å². The average Bonchev–Trinajstić information content (AvgIpc) is 2.94. The van der Waals surface area contributed by atoms with Crippen molar-refractivity contribution < 1.29 is 18.9 Å². The highest BCUT2D eigenvalue weighted by molar-refractivity contribution is 6.32. The van der Waals surface area contributed by atoms with Gasteiger partial charge in [0.25, 0.3) is 5.69 Å². The van der Waals surface area contributed by atoms with E-state index in [4.69, 9.17) is 26.6 Å². The number of nitrogens with zero attached hydrogens (tertiary/aromatic N) is 1. The van der Waals surface area contributed by atoms with Crippen molar-refractivity contribution >= 4 is 23.2 Å². The first-order valence-corrected chi connectivity index (χ1v) is 6.05. The van der Waals surface area contributed by atoms with Crippen LogP contribution in [0.25, 0.3) is 0 Å². The standard InChI is InChI=1S/C12H10ClN3O5/c13-9-3-1-7(16(18)19)5-11(9)20-6-8-2-4-10(21-8)12(17)15-14/h1-5H,6,14H2,(H,15,17). The Morgan fingerprint density at radius 3 is 2.86 bits per heavy atom. The van der Waals surface area contributed by atoms with Crippen molar-refractivity contribution in [3.8, 4) is 5.75 Å². The minimum Gasteiger partial charge on any atom is -0.484 e. The maximum Gasteiger partial charge on any atom is 0.300 e. The number of nitro benzene ring substituents is 1. The van der Waals surface area contributed by atoms with Crippen molar-refractivity contribution in [3.63, 3.8) is 0 Å². The average molecular weight is 312 g/mol. The lowest BCUT2D eigenvalue weighted by Gasteiger charge is -2.06. The molecule has 0 bridgehead atoms. The molecule has 9 heteroatoms. The Hall–Kier alpha value is -2.58. The number of carbonyl (C=O) groups excluding carboxylic acids is 1. The van der Waals surface area contributed by atoms with Crippen molar-refractivity contribution in [1.29, 1.82) is 0 Å². The quantitative estimate of drug-likeness (QED) is 0.377. The number of nitrogens with two attached hydrogens (primary N) is 1. The largest absolute Gasteiger partial charge is 0.484 e. The first-order chi connectivity index (χ1) is 10.0. The molecule has 21 heavy (non-hydrogen) atoms.